The number of hydrogen-bond acceptors (Lipinski definition) is 5. The number of hydrogen-bond donors (Lipinski definition) is 0. The third kappa shape index (κ3) is 1.91. The number of carbonyl (C=O) groups is 1. The third-order valence-electron chi connectivity index (χ3n) is 1.13. The molecule has 0 fully saturated rings. The topological polar surface area (TPSA) is 61.2 Å². The van der Waals surface area contributed by atoms with Crippen LogP contribution in [0.5, 0.6) is 5.19 Å². The highest BCUT2D eigenvalue weighted by molar-refractivity contribution is 7.10. The average molecular weight is 188 g/mol. The molecule has 0 amide bonds. The molecule has 0 aliphatic rings. The molecular formula is C6H8N2O3S. The zero-order valence-corrected chi connectivity index (χ0v) is 7.55. The minimum absolute atomic E-state index is 0.0126. The lowest BCUT2D eigenvalue weighted by molar-refractivity contribution is -0.117. The molecule has 1 aromatic heterocycles. The quantitative estimate of drug-likeness (QED) is 0.664. The van der Waals surface area contributed by atoms with E-state index in [1.54, 1.807) is 0 Å². The Labute approximate surface area is 72.6 Å². The molecule has 0 saturated heterocycles. The molecule has 12 heavy (non-hydrogen) atoms. The van der Waals surface area contributed by atoms with Crippen LogP contribution in [0.2, 0.25) is 0 Å². The minimum Gasteiger partial charge on any atom is -0.472 e. The van der Waals surface area contributed by atoms with Gasteiger partial charge in [-0.05, 0) is 18.3 Å². The fourth-order valence-corrected chi connectivity index (χ4v) is 1.26. The van der Waals surface area contributed by atoms with E-state index in [2.05, 4.69) is 5.10 Å². The molecule has 1 heterocycles. The van der Waals surface area contributed by atoms with Crippen LogP contribution in [0.4, 0.5) is 0 Å². The molecule has 0 bridgehead atoms. The summed E-state index contributed by atoms with van der Waals surface area (Å²) in [5.74, 6) is -0.106. The first-order chi connectivity index (χ1) is 5.63. The Balaban J connectivity index is 2.92. The predicted molar refractivity (Wildman–Crippen MR) is 43.6 cm³/mol. The van der Waals surface area contributed by atoms with Crippen molar-refractivity contribution in [2.24, 2.45) is 0 Å². The van der Waals surface area contributed by atoms with Gasteiger partial charge < -0.3 is 4.74 Å². The maximum Gasteiger partial charge on any atom is 0.328 e. The van der Waals surface area contributed by atoms with Crippen LogP contribution in [0.3, 0.4) is 0 Å². The largest absolute Gasteiger partial charge is 0.472 e. The van der Waals surface area contributed by atoms with Crippen LogP contribution >= 0.6 is 11.3 Å². The molecule has 1 aromatic rings. The van der Waals surface area contributed by atoms with Gasteiger partial charge in [0.05, 0.1) is 7.11 Å². The van der Waals surface area contributed by atoms with Gasteiger partial charge in [-0.25, -0.2) is 4.68 Å². The van der Waals surface area contributed by atoms with Crippen molar-refractivity contribution < 1.29 is 9.53 Å². The van der Waals surface area contributed by atoms with E-state index in [4.69, 9.17) is 4.74 Å². The van der Waals surface area contributed by atoms with Crippen molar-refractivity contribution in [2.75, 3.05) is 7.11 Å². The van der Waals surface area contributed by atoms with Gasteiger partial charge in [0.25, 0.3) is 5.19 Å². The monoisotopic (exact) mass is 188 g/mol. The van der Waals surface area contributed by atoms with E-state index < -0.39 is 0 Å². The van der Waals surface area contributed by atoms with Crippen molar-refractivity contribution in [2.45, 2.75) is 13.5 Å². The van der Waals surface area contributed by atoms with Gasteiger partial charge in [-0.1, -0.05) is 0 Å². The van der Waals surface area contributed by atoms with E-state index in [-0.39, 0.29) is 22.4 Å². The number of ether oxygens (including phenoxy) is 1. The Morgan fingerprint density at radius 3 is 2.83 bits per heavy atom. The Morgan fingerprint density at radius 2 is 2.42 bits per heavy atom. The Bertz CT molecular complexity index is 341. The first-order valence-electron chi connectivity index (χ1n) is 3.25. The highest BCUT2D eigenvalue weighted by Crippen LogP contribution is 2.07. The van der Waals surface area contributed by atoms with Crippen LogP contribution < -0.4 is 9.61 Å². The lowest BCUT2D eigenvalue weighted by Gasteiger charge is -1.92. The zero-order chi connectivity index (χ0) is 9.14. The van der Waals surface area contributed by atoms with E-state index in [1.165, 1.54) is 14.0 Å². The number of carbonyl (C=O) groups excluding carboxylic acids is 1. The molecule has 0 spiro atoms. The zero-order valence-electron chi connectivity index (χ0n) is 6.73. The molecule has 0 saturated carbocycles. The molecule has 0 N–H and O–H groups in total. The summed E-state index contributed by atoms with van der Waals surface area (Å²) in [4.78, 5) is 21.4. The number of aromatic nitrogens is 2. The second-order valence-corrected chi connectivity index (χ2v) is 3.10. The van der Waals surface area contributed by atoms with Gasteiger partial charge in [0.1, 0.15) is 6.54 Å². The van der Waals surface area contributed by atoms with Gasteiger partial charge in [-0.3, -0.25) is 9.59 Å². The van der Waals surface area contributed by atoms with Crippen molar-refractivity contribution in [1.29, 1.82) is 0 Å². The second-order valence-electron chi connectivity index (χ2n) is 2.20. The van der Waals surface area contributed by atoms with Crippen LogP contribution in [0.15, 0.2) is 4.79 Å². The molecular weight excluding hydrogens is 180 g/mol. The van der Waals surface area contributed by atoms with E-state index >= 15 is 0 Å². The number of rotatable bonds is 3. The molecule has 0 atom stereocenters. The average Bonchev–Trinajstić information content (AvgIpc) is 2.31. The van der Waals surface area contributed by atoms with Crippen molar-refractivity contribution in [3.63, 3.8) is 0 Å². The molecule has 5 nitrogen and oxygen atoms in total. The second kappa shape index (κ2) is 3.48. The lowest BCUT2D eigenvalue weighted by atomic mass is 10.5. The molecule has 0 unspecified atom stereocenters. The first-order valence-corrected chi connectivity index (χ1v) is 4.06. The summed E-state index contributed by atoms with van der Waals surface area (Å²) < 4.78 is 5.82. The maximum absolute atomic E-state index is 11.0. The van der Waals surface area contributed by atoms with Crippen molar-refractivity contribution in [1.82, 2.24) is 9.78 Å². The summed E-state index contributed by atoms with van der Waals surface area (Å²) in [5, 5.41) is 4.03. The van der Waals surface area contributed by atoms with Gasteiger partial charge in [0, 0.05) is 0 Å². The van der Waals surface area contributed by atoms with Crippen LogP contribution in [-0.4, -0.2) is 22.7 Å². The first kappa shape index (κ1) is 8.92. The third-order valence-corrected chi connectivity index (χ3v) is 1.94. The van der Waals surface area contributed by atoms with Gasteiger partial charge >= 0.3 is 4.87 Å². The summed E-state index contributed by atoms with van der Waals surface area (Å²) in [6, 6.07) is 0. The lowest BCUT2D eigenvalue weighted by Crippen LogP contribution is -2.18. The molecule has 0 aromatic carbocycles. The molecule has 66 valence electrons. The SMILES string of the molecule is COc1nn(CC(C)=O)c(=O)s1. The van der Waals surface area contributed by atoms with Crippen molar-refractivity contribution in [3.8, 4) is 5.19 Å². The smallest absolute Gasteiger partial charge is 0.328 e. The standard InChI is InChI=1S/C6H8N2O3S/c1-4(9)3-8-6(10)12-5(7-8)11-2/h3H2,1-2H3. The summed E-state index contributed by atoms with van der Waals surface area (Å²) in [6.45, 7) is 1.41. The Hall–Kier alpha value is -1.17. The van der Waals surface area contributed by atoms with Gasteiger partial charge in [-0.15, -0.1) is 5.10 Å². The van der Waals surface area contributed by atoms with E-state index in [1.807, 2.05) is 0 Å². The van der Waals surface area contributed by atoms with Gasteiger partial charge in [-0.2, -0.15) is 0 Å². The fraction of sp³-hybridized carbons (Fsp3) is 0.500. The van der Waals surface area contributed by atoms with E-state index in [9.17, 15) is 9.59 Å². The van der Waals surface area contributed by atoms with E-state index in [0.717, 1.165) is 16.0 Å². The van der Waals surface area contributed by atoms with Crippen LogP contribution in [0, 0.1) is 0 Å². The van der Waals surface area contributed by atoms with Crippen molar-refractivity contribution in [3.05, 3.63) is 9.67 Å². The Kier molecular flexibility index (Phi) is 2.59. The highest BCUT2D eigenvalue weighted by atomic mass is 32.1. The van der Waals surface area contributed by atoms with Crippen LogP contribution in [-0.2, 0) is 11.3 Å². The number of methoxy groups -OCH3 is 1. The van der Waals surface area contributed by atoms with Crippen LogP contribution in [0.1, 0.15) is 6.92 Å². The Morgan fingerprint density at radius 1 is 1.75 bits per heavy atom. The molecule has 6 heteroatoms. The summed E-state index contributed by atoms with van der Waals surface area (Å²) in [7, 11) is 1.43. The van der Waals surface area contributed by atoms with Gasteiger partial charge in [0.15, 0.2) is 5.78 Å². The normalized spacial score (nSPS) is 9.83. The number of nitrogens with zero attached hydrogens (tertiary/aromatic N) is 2. The summed E-state index contributed by atoms with van der Waals surface area (Å²) >= 11 is 0.878. The minimum atomic E-state index is -0.276. The number of Topliss-reactive ketones (excluding diaryl/α,β-unsaturated/α-hetero) is 1. The van der Waals surface area contributed by atoms with Crippen LogP contribution in [0.25, 0.3) is 0 Å². The van der Waals surface area contributed by atoms with E-state index in [0.29, 0.717) is 0 Å². The maximum atomic E-state index is 11.0. The highest BCUT2D eigenvalue weighted by Gasteiger charge is 2.06. The molecule has 0 aliphatic heterocycles. The van der Waals surface area contributed by atoms with Crippen molar-refractivity contribution >= 4 is 17.1 Å². The fourth-order valence-electron chi connectivity index (χ4n) is 0.680. The predicted octanol–water partition coefficient (Wildman–Crippen LogP) is -0.0976. The summed E-state index contributed by atoms with van der Waals surface area (Å²) in [6.07, 6.45) is 0. The number of ketones is 1. The molecule has 0 radical (unpaired) electrons. The molecule has 1 rings (SSSR count). The molecule has 0 aliphatic carbocycles. The van der Waals surface area contributed by atoms with Gasteiger partial charge in [0.2, 0.25) is 0 Å². The summed E-state index contributed by atoms with van der Waals surface area (Å²) in [5.41, 5.74) is 0.